The molecular formula is C9H20O2. The van der Waals surface area contributed by atoms with Crippen molar-refractivity contribution in [2.24, 2.45) is 0 Å². The molecule has 2 nitrogen and oxygen atoms in total. The Morgan fingerprint density at radius 3 is 2.00 bits per heavy atom. The Kier molecular flexibility index (Phi) is 7.96. The molecule has 0 amide bonds. The van der Waals surface area contributed by atoms with E-state index in [4.69, 9.17) is 9.84 Å². The fourth-order valence-corrected chi connectivity index (χ4v) is 1.12. The van der Waals surface area contributed by atoms with Gasteiger partial charge in [-0.2, -0.15) is 0 Å². The van der Waals surface area contributed by atoms with Crippen LogP contribution in [-0.2, 0) is 4.74 Å². The zero-order valence-electron chi connectivity index (χ0n) is 7.68. The van der Waals surface area contributed by atoms with E-state index in [1.165, 1.54) is 25.7 Å². The van der Waals surface area contributed by atoms with Gasteiger partial charge in [0.25, 0.3) is 0 Å². The van der Waals surface area contributed by atoms with Crippen molar-refractivity contribution in [2.45, 2.75) is 45.1 Å². The van der Waals surface area contributed by atoms with E-state index in [9.17, 15) is 0 Å². The largest absolute Gasteiger partial charge is 0.396 e. The molecule has 11 heavy (non-hydrogen) atoms. The molecule has 0 atom stereocenters. The van der Waals surface area contributed by atoms with Gasteiger partial charge in [0.15, 0.2) is 0 Å². The van der Waals surface area contributed by atoms with Gasteiger partial charge in [-0.1, -0.05) is 19.8 Å². The second kappa shape index (κ2) is 8.02. The fourth-order valence-electron chi connectivity index (χ4n) is 1.12. The number of ether oxygens (including phenoxy) is 1. The van der Waals surface area contributed by atoms with Crippen LogP contribution in [0.15, 0.2) is 0 Å². The smallest absolute Gasteiger partial charge is 0.0571 e. The van der Waals surface area contributed by atoms with Gasteiger partial charge in [-0.15, -0.1) is 0 Å². The molecule has 0 radical (unpaired) electrons. The summed E-state index contributed by atoms with van der Waals surface area (Å²) in [5.74, 6) is 0. The molecule has 0 aliphatic heterocycles. The zero-order valence-corrected chi connectivity index (χ0v) is 7.68. The number of hydrogen-bond acceptors (Lipinski definition) is 2. The Morgan fingerprint density at radius 2 is 1.82 bits per heavy atom. The third kappa shape index (κ3) is 6.32. The number of hydrogen-bond donors (Lipinski definition) is 1. The van der Waals surface area contributed by atoms with Gasteiger partial charge in [0, 0.05) is 13.7 Å². The lowest BCUT2D eigenvalue weighted by Crippen LogP contribution is -2.01. The first kappa shape index (κ1) is 10.9. The van der Waals surface area contributed by atoms with E-state index in [-0.39, 0.29) is 0 Å². The number of rotatable bonds is 2. The highest BCUT2D eigenvalue weighted by Gasteiger charge is 2.12. The Labute approximate surface area is 69.6 Å². The van der Waals surface area contributed by atoms with E-state index < -0.39 is 0 Å². The average Bonchev–Trinajstić information content (AvgIpc) is 2.56. The summed E-state index contributed by atoms with van der Waals surface area (Å²) in [7, 11) is 1.80. The summed E-state index contributed by atoms with van der Waals surface area (Å²) in [6.07, 6.45) is 6.80. The molecule has 0 unspecified atom stereocenters. The first-order valence-electron chi connectivity index (χ1n) is 4.48. The molecule has 2 heteroatoms. The lowest BCUT2D eigenvalue weighted by atomic mass is 10.3. The highest BCUT2D eigenvalue weighted by atomic mass is 16.5. The van der Waals surface area contributed by atoms with Crippen LogP contribution >= 0.6 is 0 Å². The Morgan fingerprint density at radius 1 is 1.36 bits per heavy atom. The van der Waals surface area contributed by atoms with Gasteiger partial charge < -0.3 is 9.84 Å². The standard InChI is InChI=1S/C6H12O.C3H8O/c1-7-6-4-2-3-5-6;1-2-3-4/h6H,2-5H2,1H3;4H,2-3H2,1H3. The Balaban J connectivity index is 0.000000218. The van der Waals surface area contributed by atoms with Crippen LogP contribution in [0, 0.1) is 0 Å². The van der Waals surface area contributed by atoms with Crippen molar-refractivity contribution in [3.8, 4) is 0 Å². The quantitative estimate of drug-likeness (QED) is 0.669. The van der Waals surface area contributed by atoms with Gasteiger partial charge in [-0.05, 0) is 19.3 Å². The van der Waals surface area contributed by atoms with Gasteiger partial charge >= 0.3 is 0 Å². The van der Waals surface area contributed by atoms with Gasteiger partial charge in [-0.3, -0.25) is 0 Å². The number of aliphatic hydroxyl groups is 1. The van der Waals surface area contributed by atoms with Crippen molar-refractivity contribution >= 4 is 0 Å². The lowest BCUT2D eigenvalue weighted by molar-refractivity contribution is 0.109. The van der Waals surface area contributed by atoms with Crippen LogP contribution in [0.4, 0.5) is 0 Å². The fraction of sp³-hybridized carbons (Fsp3) is 1.00. The summed E-state index contributed by atoms with van der Waals surface area (Å²) < 4.78 is 5.11. The normalized spacial score (nSPS) is 17.7. The molecule has 0 aromatic rings. The third-order valence-electron chi connectivity index (χ3n) is 1.86. The van der Waals surface area contributed by atoms with Crippen LogP contribution in [0.5, 0.6) is 0 Å². The third-order valence-corrected chi connectivity index (χ3v) is 1.86. The maximum atomic E-state index is 7.88. The van der Waals surface area contributed by atoms with E-state index in [1.54, 1.807) is 7.11 Å². The van der Waals surface area contributed by atoms with Crippen LogP contribution < -0.4 is 0 Å². The first-order chi connectivity index (χ1) is 5.35. The summed E-state index contributed by atoms with van der Waals surface area (Å²) in [6, 6.07) is 0. The molecule has 1 rings (SSSR count). The summed E-state index contributed by atoms with van der Waals surface area (Å²) in [5.41, 5.74) is 0. The van der Waals surface area contributed by atoms with Crippen molar-refractivity contribution in [2.75, 3.05) is 13.7 Å². The topological polar surface area (TPSA) is 29.5 Å². The predicted octanol–water partition coefficient (Wildman–Crippen LogP) is 1.96. The van der Waals surface area contributed by atoms with Gasteiger partial charge in [-0.25, -0.2) is 0 Å². The van der Waals surface area contributed by atoms with Crippen LogP contribution in [0.2, 0.25) is 0 Å². The van der Waals surface area contributed by atoms with Crippen molar-refractivity contribution < 1.29 is 9.84 Å². The molecule has 1 aliphatic carbocycles. The minimum absolute atomic E-state index is 0.319. The lowest BCUT2D eigenvalue weighted by Gasteiger charge is -2.02. The Bertz CT molecular complexity index is 66.0. The van der Waals surface area contributed by atoms with Gasteiger partial charge in [0.2, 0.25) is 0 Å². The van der Waals surface area contributed by atoms with E-state index in [2.05, 4.69) is 0 Å². The van der Waals surface area contributed by atoms with Crippen LogP contribution in [0.25, 0.3) is 0 Å². The average molecular weight is 160 g/mol. The molecule has 1 saturated carbocycles. The van der Waals surface area contributed by atoms with Crippen LogP contribution in [-0.4, -0.2) is 24.9 Å². The summed E-state index contributed by atoms with van der Waals surface area (Å²) >= 11 is 0. The maximum absolute atomic E-state index is 7.88. The molecule has 1 aliphatic rings. The van der Waals surface area contributed by atoms with Crippen molar-refractivity contribution in [1.82, 2.24) is 0 Å². The van der Waals surface area contributed by atoms with Crippen LogP contribution in [0.1, 0.15) is 39.0 Å². The van der Waals surface area contributed by atoms with Gasteiger partial charge in [0.1, 0.15) is 0 Å². The second-order valence-corrected chi connectivity index (χ2v) is 2.87. The van der Waals surface area contributed by atoms with E-state index in [1.807, 2.05) is 6.92 Å². The summed E-state index contributed by atoms with van der Waals surface area (Å²) in [6.45, 7) is 2.25. The first-order valence-corrected chi connectivity index (χ1v) is 4.48. The monoisotopic (exact) mass is 160 g/mol. The second-order valence-electron chi connectivity index (χ2n) is 2.87. The Hall–Kier alpha value is -0.0800. The van der Waals surface area contributed by atoms with Crippen molar-refractivity contribution in [3.05, 3.63) is 0 Å². The molecule has 1 N–H and O–H groups in total. The minimum Gasteiger partial charge on any atom is -0.396 e. The molecule has 0 aromatic heterocycles. The van der Waals surface area contributed by atoms with Gasteiger partial charge in [0.05, 0.1) is 6.10 Å². The molecule has 0 bridgehead atoms. The predicted molar refractivity (Wildman–Crippen MR) is 46.6 cm³/mol. The van der Waals surface area contributed by atoms with Crippen LogP contribution in [0.3, 0.4) is 0 Å². The number of methoxy groups -OCH3 is 1. The molecule has 0 aromatic carbocycles. The van der Waals surface area contributed by atoms with Crippen molar-refractivity contribution in [3.63, 3.8) is 0 Å². The number of aliphatic hydroxyl groups excluding tert-OH is 1. The highest BCUT2D eigenvalue weighted by molar-refractivity contribution is 4.65. The van der Waals surface area contributed by atoms with E-state index in [0.717, 1.165) is 6.42 Å². The summed E-state index contributed by atoms with van der Waals surface area (Å²) in [5, 5.41) is 7.88. The summed E-state index contributed by atoms with van der Waals surface area (Å²) in [4.78, 5) is 0. The molecule has 0 spiro atoms. The van der Waals surface area contributed by atoms with Crippen molar-refractivity contribution in [1.29, 1.82) is 0 Å². The molecule has 1 fully saturated rings. The van der Waals surface area contributed by atoms with E-state index >= 15 is 0 Å². The SMILES string of the molecule is CCCO.COC1CCCC1. The maximum Gasteiger partial charge on any atom is 0.0571 e. The molecule has 0 heterocycles. The molecule has 68 valence electrons. The molecule has 0 saturated heterocycles. The molecular weight excluding hydrogens is 140 g/mol. The highest BCUT2D eigenvalue weighted by Crippen LogP contribution is 2.19. The zero-order chi connectivity index (χ0) is 8.53. The van der Waals surface area contributed by atoms with E-state index in [0.29, 0.717) is 12.7 Å². The minimum atomic E-state index is 0.319.